The minimum absolute atomic E-state index is 0.783. The lowest BCUT2D eigenvalue weighted by atomic mass is 10.3. The highest BCUT2D eigenvalue weighted by Gasteiger charge is 2.10. The maximum Gasteiger partial charge on any atom is 0.137 e. The number of benzene rings is 1. The molecule has 2 heteroatoms. The Labute approximate surface area is 86.7 Å². The second-order valence-electron chi connectivity index (χ2n) is 4.14. The first kappa shape index (κ1) is 11.1. The summed E-state index contributed by atoms with van der Waals surface area (Å²) >= 11 is 0. The molecule has 0 bridgehead atoms. The fourth-order valence-electron chi connectivity index (χ4n) is 1.09. The summed E-state index contributed by atoms with van der Waals surface area (Å²) in [4.78, 5) is 0. The van der Waals surface area contributed by atoms with Crippen LogP contribution in [0, 0.1) is 0 Å². The van der Waals surface area contributed by atoms with Gasteiger partial charge in [-0.15, -0.1) is 0 Å². The van der Waals surface area contributed by atoms with E-state index in [0.29, 0.717) is 0 Å². The fourth-order valence-corrected chi connectivity index (χ4v) is 1.09. The predicted octanol–water partition coefficient (Wildman–Crippen LogP) is 2.16. The highest BCUT2D eigenvalue weighted by molar-refractivity contribution is 5.20. The number of nitrogens with zero attached hydrogens (tertiary/aromatic N) is 1. The van der Waals surface area contributed by atoms with Crippen molar-refractivity contribution in [3.8, 4) is 5.75 Å². The molecule has 1 rings (SSSR count). The minimum Gasteiger partial charge on any atom is -0.488 e. The van der Waals surface area contributed by atoms with Gasteiger partial charge in [-0.2, -0.15) is 0 Å². The molecule has 0 aromatic heterocycles. The molecule has 14 heavy (non-hydrogen) atoms. The van der Waals surface area contributed by atoms with Gasteiger partial charge in [-0.3, -0.25) is 0 Å². The number of rotatable bonds is 5. The minimum atomic E-state index is 0.783. The van der Waals surface area contributed by atoms with Gasteiger partial charge in [-0.05, 0) is 19.1 Å². The first-order valence-electron chi connectivity index (χ1n) is 5.14. The van der Waals surface area contributed by atoms with Crippen LogP contribution in [0.5, 0.6) is 5.75 Å². The highest BCUT2D eigenvalue weighted by Crippen LogP contribution is 2.08. The van der Waals surface area contributed by atoms with E-state index in [-0.39, 0.29) is 0 Å². The lowest BCUT2D eigenvalue weighted by Crippen LogP contribution is -2.42. The Bertz CT molecular complexity index is 256. The first-order valence-corrected chi connectivity index (χ1v) is 5.14. The molecule has 0 spiro atoms. The molecule has 0 fully saturated rings. The van der Waals surface area contributed by atoms with E-state index in [4.69, 9.17) is 4.74 Å². The van der Waals surface area contributed by atoms with Gasteiger partial charge < -0.3 is 9.22 Å². The Hall–Kier alpha value is -1.02. The summed E-state index contributed by atoms with van der Waals surface area (Å²) in [5, 5.41) is 0. The molecule has 0 amide bonds. The van der Waals surface area contributed by atoms with E-state index in [2.05, 4.69) is 21.0 Å². The molecular weight excluding hydrogens is 174 g/mol. The average Bonchev–Trinajstić information content (AvgIpc) is 2.19. The zero-order chi connectivity index (χ0) is 10.4. The maximum atomic E-state index is 5.63. The molecule has 0 N–H and O–H groups in total. The van der Waals surface area contributed by atoms with Crippen LogP contribution in [0.4, 0.5) is 0 Å². The second-order valence-corrected chi connectivity index (χ2v) is 4.14. The Morgan fingerprint density at radius 3 is 2.36 bits per heavy atom. The SMILES string of the molecule is CC[N+](C)(C)CCOc1ccccc1. The normalized spacial score (nSPS) is 11.4. The molecule has 0 heterocycles. The molecule has 0 atom stereocenters. The summed E-state index contributed by atoms with van der Waals surface area (Å²) in [6.07, 6.45) is 0. The molecule has 0 aliphatic heterocycles. The second kappa shape index (κ2) is 5.01. The first-order chi connectivity index (χ1) is 6.64. The van der Waals surface area contributed by atoms with Crippen molar-refractivity contribution in [1.29, 1.82) is 0 Å². The molecule has 0 aliphatic rings. The van der Waals surface area contributed by atoms with Crippen LogP contribution < -0.4 is 4.74 Å². The van der Waals surface area contributed by atoms with Gasteiger partial charge in [0.15, 0.2) is 0 Å². The van der Waals surface area contributed by atoms with Gasteiger partial charge in [0.25, 0.3) is 0 Å². The monoisotopic (exact) mass is 194 g/mol. The van der Waals surface area contributed by atoms with Crippen LogP contribution in [0.25, 0.3) is 0 Å². The van der Waals surface area contributed by atoms with Crippen LogP contribution >= 0.6 is 0 Å². The predicted molar refractivity (Wildman–Crippen MR) is 59.5 cm³/mol. The van der Waals surface area contributed by atoms with Gasteiger partial charge in [0.1, 0.15) is 18.9 Å². The average molecular weight is 194 g/mol. The van der Waals surface area contributed by atoms with E-state index in [1.807, 2.05) is 30.3 Å². The zero-order valence-corrected chi connectivity index (χ0v) is 9.36. The summed E-state index contributed by atoms with van der Waals surface area (Å²) in [5.74, 6) is 0.962. The van der Waals surface area contributed by atoms with Crippen LogP contribution in [-0.4, -0.2) is 38.3 Å². The summed E-state index contributed by atoms with van der Waals surface area (Å²) < 4.78 is 6.63. The van der Waals surface area contributed by atoms with Gasteiger partial charge in [0.2, 0.25) is 0 Å². The maximum absolute atomic E-state index is 5.63. The van der Waals surface area contributed by atoms with Gasteiger partial charge in [0.05, 0.1) is 20.6 Å². The van der Waals surface area contributed by atoms with Gasteiger partial charge in [-0.25, -0.2) is 0 Å². The summed E-state index contributed by atoms with van der Waals surface area (Å²) in [7, 11) is 4.43. The smallest absolute Gasteiger partial charge is 0.137 e. The van der Waals surface area contributed by atoms with E-state index in [0.717, 1.165) is 29.9 Å². The lowest BCUT2D eigenvalue weighted by molar-refractivity contribution is -0.888. The largest absolute Gasteiger partial charge is 0.488 e. The molecule has 1 aromatic carbocycles. The lowest BCUT2D eigenvalue weighted by Gasteiger charge is -2.27. The summed E-state index contributed by atoms with van der Waals surface area (Å²) in [6.45, 7) is 5.16. The molecule has 0 radical (unpaired) electrons. The van der Waals surface area contributed by atoms with Crippen molar-refractivity contribution >= 4 is 0 Å². The van der Waals surface area contributed by atoms with Crippen LogP contribution in [0.15, 0.2) is 30.3 Å². The third-order valence-corrected chi connectivity index (χ3v) is 2.56. The van der Waals surface area contributed by atoms with E-state index in [1.54, 1.807) is 0 Å². The number of para-hydroxylation sites is 1. The van der Waals surface area contributed by atoms with E-state index < -0.39 is 0 Å². The Morgan fingerprint density at radius 1 is 1.14 bits per heavy atom. The zero-order valence-electron chi connectivity index (χ0n) is 9.36. The molecule has 0 aliphatic carbocycles. The van der Waals surface area contributed by atoms with E-state index >= 15 is 0 Å². The molecular formula is C12H20NO+. The van der Waals surface area contributed by atoms with Crippen LogP contribution in [0.1, 0.15) is 6.92 Å². The highest BCUT2D eigenvalue weighted by atomic mass is 16.5. The Morgan fingerprint density at radius 2 is 1.79 bits per heavy atom. The quantitative estimate of drug-likeness (QED) is 0.653. The van der Waals surface area contributed by atoms with Crippen molar-refractivity contribution in [2.24, 2.45) is 0 Å². The number of likely N-dealkylation sites (N-methyl/N-ethyl adjacent to an activating group) is 1. The van der Waals surface area contributed by atoms with Crippen molar-refractivity contribution in [1.82, 2.24) is 0 Å². The third-order valence-electron chi connectivity index (χ3n) is 2.56. The van der Waals surface area contributed by atoms with E-state index in [9.17, 15) is 0 Å². The summed E-state index contributed by atoms with van der Waals surface area (Å²) in [5.41, 5.74) is 0. The van der Waals surface area contributed by atoms with Crippen molar-refractivity contribution < 1.29 is 9.22 Å². The van der Waals surface area contributed by atoms with Gasteiger partial charge >= 0.3 is 0 Å². The molecule has 0 saturated heterocycles. The number of quaternary nitrogens is 1. The standard InChI is InChI=1S/C12H20NO/c1-4-13(2,3)10-11-14-12-8-6-5-7-9-12/h5-9H,4,10-11H2,1-3H3/q+1. The number of ether oxygens (including phenoxy) is 1. The van der Waals surface area contributed by atoms with Crippen molar-refractivity contribution in [3.05, 3.63) is 30.3 Å². The topological polar surface area (TPSA) is 9.23 Å². The fraction of sp³-hybridized carbons (Fsp3) is 0.500. The van der Waals surface area contributed by atoms with Crippen LogP contribution in [-0.2, 0) is 0 Å². The molecule has 1 aromatic rings. The van der Waals surface area contributed by atoms with Crippen LogP contribution in [0.2, 0.25) is 0 Å². The number of hydrogen-bond acceptors (Lipinski definition) is 1. The van der Waals surface area contributed by atoms with Crippen molar-refractivity contribution in [2.45, 2.75) is 6.92 Å². The van der Waals surface area contributed by atoms with Gasteiger partial charge in [-0.1, -0.05) is 18.2 Å². The molecule has 78 valence electrons. The molecule has 0 unspecified atom stereocenters. The van der Waals surface area contributed by atoms with Gasteiger partial charge in [0, 0.05) is 0 Å². The van der Waals surface area contributed by atoms with Crippen LogP contribution in [0.3, 0.4) is 0 Å². The number of hydrogen-bond donors (Lipinski definition) is 0. The Kier molecular flexibility index (Phi) is 3.96. The Balaban J connectivity index is 2.29. The van der Waals surface area contributed by atoms with Crippen molar-refractivity contribution in [2.75, 3.05) is 33.8 Å². The molecule has 2 nitrogen and oxygen atoms in total. The van der Waals surface area contributed by atoms with Crippen molar-refractivity contribution in [3.63, 3.8) is 0 Å². The summed E-state index contributed by atoms with van der Waals surface area (Å²) in [6, 6.07) is 9.97. The third kappa shape index (κ3) is 3.79. The molecule has 0 saturated carbocycles. The van der Waals surface area contributed by atoms with E-state index in [1.165, 1.54) is 0 Å².